The second-order valence-electron chi connectivity index (χ2n) is 1.32. The standard InChI is InChI=1S/C2H4N2O4S/c3-1-9(4,7,8)2(5)6/h(H,5,6)(H3,4,7,8). The Hall–Kier alpha value is -0.970. The van der Waals surface area contributed by atoms with Gasteiger partial charge >= 0.3 is 5.30 Å². The van der Waals surface area contributed by atoms with Gasteiger partial charge in [-0.05, 0) is 0 Å². The van der Waals surface area contributed by atoms with Gasteiger partial charge in [-0.3, -0.25) is 4.55 Å². The number of rotatable bonds is 0. The molecule has 0 aliphatic heterocycles. The molecule has 0 rings (SSSR count). The summed E-state index contributed by atoms with van der Waals surface area (Å²) in [6.45, 7) is 0. The van der Waals surface area contributed by atoms with E-state index < -0.39 is 14.8 Å². The zero-order chi connectivity index (χ0) is 7.73. The predicted molar refractivity (Wildman–Crippen MR) is 28.6 cm³/mol. The molecule has 4 N–H and O–H groups in total. The molecule has 0 aromatic carbocycles. The third-order valence-electron chi connectivity index (χ3n) is 0.514. The maximum absolute atomic E-state index is 10.2. The molecule has 0 aromatic heterocycles. The van der Waals surface area contributed by atoms with Gasteiger partial charge in [-0.2, -0.15) is 9.47 Å². The summed E-state index contributed by atoms with van der Waals surface area (Å²) < 4.78 is 18.5. The van der Waals surface area contributed by atoms with Crippen molar-refractivity contribution in [3.05, 3.63) is 0 Å². The van der Waals surface area contributed by atoms with Crippen LogP contribution in [0.1, 0.15) is 0 Å². The molecule has 0 spiro atoms. The monoisotopic (exact) mass is 152 g/mol. The van der Waals surface area contributed by atoms with Gasteiger partial charge in [-0.25, -0.2) is 9.93 Å². The lowest BCUT2D eigenvalue weighted by Gasteiger charge is -2.21. The van der Waals surface area contributed by atoms with Crippen molar-refractivity contribution >= 4 is 14.8 Å². The molecule has 0 saturated heterocycles. The lowest BCUT2D eigenvalue weighted by atomic mass is 11.6. The average Bonchev–Trinajstić information content (AvgIpc) is 1.66. The van der Waals surface area contributed by atoms with Crippen molar-refractivity contribution in [3.63, 3.8) is 0 Å². The van der Waals surface area contributed by atoms with Crippen LogP contribution in [0.3, 0.4) is 0 Å². The molecule has 0 aliphatic rings. The van der Waals surface area contributed by atoms with E-state index in [0.29, 0.717) is 5.40 Å². The zero-order valence-corrected chi connectivity index (χ0v) is 4.96. The number of carbonyl (C=O) groups is 1. The quantitative estimate of drug-likeness (QED) is 0.396. The second-order valence-corrected chi connectivity index (χ2v) is 3.78. The Kier molecular flexibility index (Phi) is 1.34. The van der Waals surface area contributed by atoms with Crippen molar-refractivity contribution in [1.29, 1.82) is 5.26 Å². The van der Waals surface area contributed by atoms with Crippen LogP contribution in [0.4, 0.5) is 4.79 Å². The van der Waals surface area contributed by atoms with Gasteiger partial charge in [-0.15, -0.1) is 0 Å². The van der Waals surface area contributed by atoms with E-state index in [4.69, 9.17) is 14.9 Å². The van der Waals surface area contributed by atoms with Gasteiger partial charge in [0.05, 0.1) is 0 Å². The van der Waals surface area contributed by atoms with Gasteiger partial charge in [0.25, 0.3) is 0 Å². The Morgan fingerprint density at radius 2 is 2.11 bits per heavy atom. The summed E-state index contributed by atoms with van der Waals surface area (Å²) in [4.78, 5) is 9.71. The highest BCUT2D eigenvalue weighted by atomic mass is 32.3. The van der Waals surface area contributed by atoms with E-state index in [0.717, 1.165) is 0 Å². The molecule has 7 heteroatoms. The molecular formula is C2H4N2O4S. The molecule has 0 aliphatic carbocycles. The fourth-order valence-corrected chi connectivity index (χ4v) is 0.117. The molecule has 6 nitrogen and oxygen atoms in total. The predicted octanol–water partition coefficient (Wildman–Crippen LogP) is -0.688. The Morgan fingerprint density at radius 3 is 2.11 bits per heavy atom. The molecule has 0 fully saturated rings. The van der Waals surface area contributed by atoms with Crippen molar-refractivity contribution in [2.75, 3.05) is 0 Å². The number of nitrogens with zero attached hydrogens (tertiary/aromatic N) is 1. The van der Waals surface area contributed by atoms with Gasteiger partial charge in [0.2, 0.25) is 5.40 Å². The number of hydrogen-bond acceptors (Lipinski definition) is 3. The van der Waals surface area contributed by atoms with E-state index in [1.165, 1.54) is 0 Å². The van der Waals surface area contributed by atoms with Crippen LogP contribution in [-0.4, -0.2) is 19.2 Å². The van der Waals surface area contributed by atoms with E-state index in [-0.39, 0.29) is 0 Å². The van der Waals surface area contributed by atoms with Crippen LogP contribution in [0.25, 0.3) is 0 Å². The van der Waals surface area contributed by atoms with Crippen molar-refractivity contribution in [2.45, 2.75) is 0 Å². The van der Waals surface area contributed by atoms with Crippen LogP contribution in [0.5, 0.6) is 0 Å². The van der Waals surface area contributed by atoms with Crippen molar-refractivity contribution in [1.82, 2.24) is 0 Å². The fourth-order valence-electron chi connectivity index (χ4n) is 0.0390. The van der Waals surface area contributed by atoms with E-state index in [2.05, 4.69) is 5.14 Å². The maximum Gasteiger partial charge on any atom is 0.444 e. The number of thiocyanates is 1. The lowest BCUT2D eigenvalue weighted by molar-refractivity contribution is 0.216. The Labute approximate surface area is 50.2 Å². The molecule has 0 radical (unpaired) electrons. The molecule has 0 unspecified atom stereocenters. The zero-order valence-electron chi connectivity index (χ0n) is 4.14. The number of nitrogens with two attached hydrogens (primary N) is 1. The summed E-state index contributed by atoms with van der Waals surface area (Å²) in [5, 5.41) is 18.2. The third kappa shape index (κ3) is 1.46. The van der Waals surface area contributed by atoms with Gasteiger partial charge in [0, 0.05) is 9.53 Å². The molecule has 0 aromatic rings. The van der Waals surface area contributed by atoms with E-state index >= 15 is 0 Å². The smallest absolute Gasteiger partial charge is 0.444 e. The van der Waals surface area contributed by atoms with Crippen LogP contribution in [0, 0.1) is 10.7 Å². The minimum atomic E-state index is -5.51. The molecule has 9 heavy (non-hydrogen) atoms. The van der Waals surface area contributed by atoms with Crippen LogP contribution in [-0.2, 0) is 9.53 Å². The van der Waals surface area contributed by atoms with Crippen molar-refractivity contribution in [3.8, 4) is 5.40 Å². The van der Waals surface area contributed by atoms with Crippen LogP contribution < -0.4 is 5.14 Å². The van der Waals surface area contributed by atoms with Crippen molar-refractivity contribution < 1.29 is 18.7 Å². The largest absolute Gasteiger partial charge is 0.464 e. The van der Waals surface area contributed by atoms with Crippen LogP contribution in [0.15, 0.2) is 0 Å². The van der Waals surface area contributed by atoms with Gasteiger partial charge < -0.3 is 5.11 Å². The maximum atomic E-state index is 10.2. The first-order valence-corrected chi connectivity index (χ1v) is 3.63. The summed E-state index contributed by atoms with van der Waals surface area (Å²) in [6, 6.07) is 0. The molecule has 0 heterocycles. The summed E-state index contributed by atoms with van der Waals surface area (Å²) in [5.74, 6) is 0. The highest BCUT2D eigenvalue weighted by Gasteiger charge is 2.30. The van der Waals surface area contributed by atoms with Crippen molar-refractivity contribution in [2.24, 2.45) is 5.14 Å². The van der Waals surface area contributed by atoms with E-state index in [9.17, 15) is 9.00 Å². The highest BCUT2D eigenvalue weighted by molar-refractivity contribution is 8.29. The van der Waals surface area contributed by atoms with E-state index in [1.54, 1.807) is 0 Å². The first-order valence-electron chi connectivity index (χ1n) is 1.64. The Bertz CT molecular complexity index is 244. The van der Waals surface area contributed by atoms with Gasteiger partial charge in [0.15, 0.2) is 0 Å². The minimum absolute atomic E-state index is 0.604. The first kappa shape index (κ1) is 8.03. The topological polar surface area (TPSA) is 124 Å². The molecular weight excluding hydrogens is 148 g/mol. The molecule has 0 amide bonds. The number of carboxylic acid groups (broad SMARTS) is 1. The number of nitriles is 1. The number of hydrogen-bond donors (Lipinski definition) is 3. The third-order valence-corrected chi connectivity index (χ3v) is 1.54. The summed E-state index contributed by atoms with van der Waals surface area (Å²) >= 11 is 0. The lowest BCUT2D eigenvalue weighted by Crippen LogP contribution is -2.46. The molecule has 0 atom stereocenters. The SMILES string of the molecule is N#CS(N)(=O)(O)C(=O)O. The first-order chi connectivity index (χ1) is 3.78. The second kappa shape index (κ2) is 1.51. The Morgan fingerprint density at radius 1 is 1.78 bits per heavy atom. The van der Waals surface area contributed by atoms with Crippen LogP contribution >= 0.6 is 0 Å². The van der Waals surface area contributed by atoms with Gasteiger partial charge in [0.1, 0.15) is 0 Å². The van der Waals surface area contributed by atoms with Gasteiger partial charge in [-0.1, -0.05) is 0 Å². The van der Waals surface area contributed by atoms with E-state index in [1.807, 2.05) is 0 Å². The molecule has 52 valence electrons. The summed E-state index contributed by atoms with van der Waals surface area (Å²) in [7, 11) is -5.51. The Balaban J connectivity index is 5.07. The normalized spacial score (nSPS) is 15.0. The summed E-state index contributed by atoms with van der Waals surface area (Å²) in [6.07, 6.45) is 0. The highest BCUT2D eigenvalue weighted by Crippen LogP contribution is 2.09. The average molecular weight is 152 g/mol. The molecule has 0 saturated carbocycles. The fraction of sp³-hybridized carbons (Fsp3) is 0. The van der Waals surface area contributed by atoms with Crippen LogP contribution in [0.2, 0.25) is 0 Å². The minimum Gasteiger partial charge on any atom is -0.464 e. The summed E-state index contributed by atoms with van der Waals surface area (Å²) in [5.41, 5.74) is 0. The molecule has 0 bridgehead atoms.